The molecular formula is C14H17N2NaO3. The van der Waals surface area contributed by atoms with E-state index < -0.39 is 11.9 Å². The van der Waals surface area contributed by atoms with Gasteiger partial charge in [-0.3, -0.25) is 4.79 Å². The van der Waals surface area contributed by atoms with Gasteiger partial charge in [-0.25, -0.2) is 0 Å². The summed E-state index contributed by atoms with van der Waals surface area (Å²) in [5.74, 6) is -2.54. The molecule has 0 aliphatic carbocycles. The van der Waals surface area contributed by atoms with Crippen molar-refractivity contribution < 1.29 is 44.3 Å². The first-order chi connectivity index (χ1) is 8.99. The van der Waals surface area contributed by atoms with Gasteiger partial charge in [0.2, 0.25) is 0 Å². The van der Waals surface area contributed by atoms with Gasteiger partial charge in [-0.1, -0.05) is 6.07 Å². The van der Waals surface area contributed by atoms with E-state index in [9.17, 15) is 14.7 Å². The van der Waals surface area contributed by atoms with Crippen LogP contribution in [0.15, 0.2) is 18.2 Å². The van der Waals surface area contributed by atoms with E-state index in [1.807, 2.05) is 0 Å². The molecule has 1 aliphatic rings. The summed E-state index contributed by atoms with van der Waals surface area (Å²) < 4.78 is 0. The van der Waals surface area contributed by atoms with Crippen LogP contribution < -0.4 is 39.6 Å². The molecule has 1 heterocycles. The predicted octanol–water partition coefficient (Wildman–Crippen LogP) is -3.29. The minimum absolute atomic E-state index is 0. The average molecular weight is 284 g/mol. The molecule has 1 fully saturated rings. The van der Waals surface area contributed by atoms with Gasteiger partial charge in [-0.2, -0.15) is 0 Å². The third kappa shape index (κ3) is 3.75. The Labute approximate surface area is 140 Å². The van der Waals surface area contributed by atoms with Gasteiger partial charge < -0.3 is 19.7 Å². The molecule has 1 aromatic rings. The molecule has 2 rings (SSSR count). The van der Waals surface area contributed by atoms with Crippen LogP contribution in [0.25, 0.3) is 0 Å². The number of anilines is 1. The first kappa shape index (κ1) is 17.0. The fourth-order valence-electron chi connectivity index (χ4n) is 2.22. The predicted molar refractivity (Wildman–Crippen MR) is 69.7 cm³/mol. The molecule has 5 nitrogen and oxygen atoms in total. The molecule has 1 aliphatic heterocycles. The number of nitrogens with zero attached hydrogens (tertiary/aromatic N) is 2. The molecule has 6 heteroatoms. The fourth-order valence-corrected chi connectivity index (χ4v) is 2.22. The van der Waals surface area contributed by atoms with Crippen LogP contribution >= 0.6 is 0 Å². The van der Waals surface area contributed by atoms with Crippen molar-refractivity contribution >= 4 is 17.6 Å². The summed E-state index contributed by atoms with van der Waals surface area (Å²) in [6, 6.07) is 6.24. The Bertz CT molecular complexity index is 511. The number of aryl methyl sites for hydroxylation is 2. The van der Waals surface area contributed by atoms with Gasteiger partial charge in [-0.05, 0) is 37.1 Å². The van der Waals surface area contributed by atoms with Crippen molar-refractivity contribution in [1.29, 1.82) is 0 Å². The molecule has 0 unspecified atom stereocenters. The Morgan fingerprint density at radius 3 is 2.15 bits per heavy atom. The number of piperazine rings is 1. The smallest absolute Gasteiger partial charge is 0.540 e. The number of benzene rings is 1. The van der Waals surface area contributed by atoms with Crippen molar-refractivity contribution in [3.05, 3.63) is 29.3 Å². The van der Waals surface area contributed by atoms with Gasteiger partial charge >= 0.3 is 29.6 Å². The number of carbonyl (C=O) groups excluding carboxylic acids is 2. The van der Waals surface area contributed by atoms with E-state index in [1.54, 1.807) is 0 Å². The maximum atomic E-state index is 11.3. The van der Waals surface area contributed by atoms with Gasteiger partial charge in [0.15, 0.2) is 0 Å². The second-order valence-corrected chi connectivity index (χ2v) is 4.84. The molecule has 1 saturated heterocycles. The summed E-state index contributed by atoms with van der Waals surface area (Å²) in [6.07, 6.45) is 0. The summed E-state index contributed by atoms with van der Waals surface area (Å²) >= 11 is 0. The van der Waals surface area contributed by atoms with Gasteiger partial charge in [0.05, 0.1) is 0 Å². The number of amides is 1. The zero-order chi connectivity index (χ0) is 14.0. The summed E-state index contributed by atoms with van der Waals surface area (Å²) in [6.45, 7) is 6.24. The van der Waals surface area contributed by atoms with Crippen LogP contribution in [0.4, 0.5) is 5.69 Å². The Kier molecular flexibility index (Phi) is 6.05. The van der Waals surface area contributed by atoms with E-state index in [0.29, 0.717) is 26.2 Å². The topological polar surface area (TPSA) is 63.7 Å². The molecule has 0 saturated carbocycles. The molecule has 102 valence electrons. The molecule has 1 aromatic carbocycles. The van der Waals surface area contributed by atoms with Crippen LogP contribution in [0.2, 0.25) is 0 Å². The Morgan fingerprint density at radius 2 is 1.65 bits per heavy atom. The Morgan fingerprint density at radius 1 is 1.05 bits per heavy atom. The monoisotopic (exact) mass is 284 g/mol. The summed E-state index contributed by atoms with van der Waals surface area (Å²) in [5, 5.41) is 10.5. The van der Waals surface area contributed by atoms with E-state index in [1.165, 1.54) is 16.0 Å². The Hall–Kier alpha value is -1.04. The molecule has 0 radical (unpaired) electrons. The number of aliphatic carboxylic acids is 1. The molecule has 0 atom stereocenters. The van der Waals surface area contributed by atoms with Crippen molar-refractivity contribution in [2.24, 2.45) is 0 Å². The molecule has 0 spiro atoms. The number of carboxylic acid groups (broad SMARTS) is 1. The van der Waals surface area contributed by atoms with Crippen molar-refractivity contribution in [3.8, 4) is 0 Å². The van der Waals surface area contributed by atoms with Crippen LogP contribution in [-0.4, -0.2) is 43.0 Å². The third-order valence-electron chi connectivity index (χ3n) is 3.60. The molecule has 1 amide bonds. The number of hydrogen-bond donors (Lipinski definition) is 0. The van der Waals surface area contributed by atoms with Crippen LogP contribution in [-0.2, 0) is 9.59 Å². The summed E-state index contributed by atoms with van der Waals surface area (Å²) in [5.41, 5.74) is 3.59. The zero-order valence-corrected chi connectivity index (χ0v) is 14.2. The molecular weight excluding hydrogens is 267 g/mol. The first-order valence-corrected chi connectivity index (χ1v) is 6.31. The maximum absolute atomic E-state index is 11.3. The zero-order valence-electron chi connectivity index (χ0n) is 12.2. The first-order valence-electron chi connectivity index (χ1n) is 6.31. The number of hydrogen-bond acceptors (Lipinski definition) is 4. The van der Waals surface area contributed by atoms with E-state index in [4.69, 9.17) is 0 Å². The molecule has 20 heavy (non-hydrogen) atoms. The number of rotatable bonds is 1. The SMILES string of the molecule is Cc1ccc(N2CCN(C(=O)C(=O)[O-])CC2)cc1C.[Na+]. The summed E-state index contributed by atoms with van der Waals surface area (Å²) in [7, 11) is 0. The largest absolute Gasteiger partial charge is 1.00 e. The normalized spacial score (nSPS) is 14.7. The van der Waals surface area contributed by atoms with Crippen molar-refractivity contribution in [1.82, 2.24) is 4.90 Å². The standard InChI is InChI=1S/C14H18N2O3.Na/c1-10-3-4-12(9-11(10)2)15-5-7-16(8-6-15)13(17)14(18)19;/h3-4,9H,5-8H2,1-2H3,(H,18,19);/q;+1/p-1. The van der Waals surface area contributed by atoms with Gasteiger partial charge in [0.25, 0.3) is 5.91 Å². The van der Waals surface area contributed by atoms with E-state index in [2.05, 4.69) is 36.9 Å². The van der Waals surface area contributed by atoms with E-state index in [0.717, 1.165) is 5.69 Å². The number of carbonyl (C=O) groups is 2. The summed E-state index contributed by atoms with van der Waals surface area (Å²) in [4.78, 5) is 25.3. The molecule has 0 bridgehead atoms. The second kappa shape index (κ2) is 7.11. The minimum atomic E-state index is -1.63. The van der Waals surface area contributed by atoms with Crippen molar-refractivity contribution in [2.45, 2.75) is 13.8 Å². The van der Waals surface area contributed by atoms with Crippen LogP contribution in [0, 0.1) is 13.8 Å². The van der Waals surface area contributed by atoms with Crippen LogP contribution in [0.3, 0.4) is 0 Å². The average Bonchev–Trinajstić information content (AvgIpc) is 2.41. The van der Waals surface area contributed by atoms with Crippen molar-refractivity contribution in [2.75, 3.05) is 31.1 Å². The quantitative estimate of drug-likeness (QED) is 0.400. The molecule has 0 aromatic heterocycles. The van der Waals surface area contributed by atoms with Crippen LogP contribution in [0.5, 0.6) is 0 Å². The van der Waals surface area contributed by atoms with E-state index >= 15 is 0 Å². The molecule has 0 N–H and O–H groups in total. The van der Waals surface area contributed by atoms with Gasteiger partial charge in [0, 0.05) is 31.9 Å². The number of carboxylic acids is 1. The maximum Gasteiger partial charge on any atom is 1.00 e. The fraction of sp³-hybridized carbons (Fsp3) is 0.429. The minimum Gasteiger partial charge on any atom is -0.540 e. The Balaban J connectivity index is 0.00000200. The third-order valence-corrected chi connectivity index (χ3v) is 3.60. The second-order valence-electron chi connectivity index (χ2n) is 4.84. The van der Waals surface area contributed by atoms with Crippen molar-refractivity contribution in [3.63, 3.8) is 0 Å². The van der Waals surface area contributed by atoms with Gasteiger partial charge in [-0.15, -0.1) is 0 Å². The van der Waals surface area contributed by atoms with Gasteiger partial charge in [0.1, 0.15) is 5.97 Å². The van der Waals surface area contributed by atoms with Crippen LogP contribution in [0.1, 0.15) is 11.1 Å². The van der Waals surface area contributed by atoms with E-state index in [-0.39, 0.29) is 29.6 Å².